The summed E-state index contributed by atoms with van der Waals surface area (Å²) in [5.41, 5.74) is 1.21. The van der Waals surface area contributed by atoms with Crippen LogP contribution in [0.5, 0.6) is 11.6 Å². The van der Waals surface area contributed by atoms with Gasteiger partial charge >= 0.3 is 0 Å². The third kappa shape index (κ3) is 4.26. The fourth-order valence-electron chi connectivity index (χ4n) is 2.58. The van der Waals surface area contributed by atoms with Gasteiger partial charge < -0.3 is 9.47 Å². The van der Waals surface area contributed by atoms with E-state index in [-0.39, 0.29) is 0 Å². The Morgan fingerprint density at radius 3 is 2.82 bits per heavy atom. The van der Waals surface area contributed by atoms with Gasteiger partial charge in [-0.15, -0.1) is 0 Å². The molecule has 116 valence electrons. The van der Waals surface area contributed by atoms with Gasteiger partial charge in [0.05, 0.1) is 19.4 Å². The Hall–Kier alpha value is -1.98. The molecule has 1 fully saturated rings. The highest BCUT2D eigenvalue weighted by molar-refractivity contribution is 5.35. The van der Waals surface area contributed by atoms with Crippen molar-refractivity contribution in [3.63, 3.8) is 0 Å². The second kappa shape index (κ2) is 7.87. The number of ether oxygens (including phenoxy) is 2. The van der Waals surface area contributed by atoms with Gasteiger partial charge in [-0.2, -0.15) is 0 Å². The maximum Gasteiger partial charge on any atom is 0.237 e. The van der Waals surface area contributed by atoms with Crippen molar-refractivity contribution in [1.82, 2.24) is 14.9 Å². The quantitative estimate of drug-likeness (QED) is 0.820. The first-order valence-electron chi connectivity index (χ1n) is 7.74. The first-order valence-corrected chi connectivity index (χ1v) is 7.74. The van der Waals surface area contributed by atoms with Crippen LogP contribution < -0.4 is 4.74 Å². The fourth-order valence-corrected chi connectivity index (χ4v) is 2.58. The third-order valence-electron chi connectivity index (χ3n) is 3.75. The molecule has 0 unspecified atom stereocenters. The molecular formula is C17H21N3O2. The van der Waals surface area contributed by atoms with Crippen LogP contribution in [0.25, 0.3) is 0 Å². The summed E-state index contributed by atoms with van der Waals surface area (Å²) in [6, 6.07) is 8.13. The predicted octanol–water partition coefficient (Wildman–Crippen LogP) is 2.53. The molecule has 1 aliphatic heterocycles. The Morgan fingerprint density at radius 1 is 1.14 bits per heavy atom. The molecule has 3 rings (SSSR count). The average Bonchev–Trinajstić information content (AvgIpc) is 2.58. The van der Waals surface area contributed by atoms with Crippen molar-refractivity contribution in [2.24, 2.45) is 0 Å². The number of benzene rings is 1. The molecule has 2 heterocycles. The van der Waals surface area contributed by atoms with E-state index in [2.05, 4.69) is 20.9 Å². The second-order valence-corrected chi connectivity index (χ2v) is 5.31. The SMILES string of the molecule is c1ccc(Oc2cnccn2)c(CCCN2CCOCC2)c1. The van der Waals surface area contributed by atoms with Crippen molar-refractivity contribution in [3.8, 4) is 11.6 Å². The van der Waals surface area contributed by atoms with Crippen LogP contribution in [-0.2, 0) is 11.2 Å². The van der Waals surface area contributed by atoms with Gasteiger partial charge in [-0.1, -0.05) is 18.2 Å². The van der Waals surface area contributed by atoms with Gasteiger partial charge in [-0.05, 0) is 31.0 Å². The van der Waals surface area contributed by atoms with E-state index in [4.69, 9.17) is 9.47 Å². The summed E-state index contributed by atoms with van der Waals surface area (Å²) in [6.45, 7) is 4.89. The summed E-state index contributed by atoms with van der Waals surface area (Å²) in [5, 5.41) is 0. The summed E-state index contributed by atoms with van der Waals surface area (Å²) in [6.07, 6.45) is 7.01. The molecule has 0 amide bonds. The normalized spacial score (nSPS) is 15.6. The Bertz CT molecular complexity index is 571. The van der Waals surface area contributed by atoms with Gasteiger partial charge in [0, 0.05) is 25.5 Å². The molecule has 0 radical (unpaired) electrons. The van der Waals surface area contributed by atoms with Crippen LogP contribution in [0.2, 0.25) is 0 Å². The second-order valence-electron chi connectivity index (χ2n) is 5.31. The van der Waals surface area contributed by atoms with Crippen LogP contribution >= 0.6 is 0 Å². The minimum absolute atomic E-state index is 0.531. The number of rotatable bonds is 6. The zero-order valence-corrected chi connectivity index (χ0v) is 12.6. The number of aryl methyl sites for hydroxylation is 1. The first-order chi connectivity index (χ1) is 10.9. The topological polar surface area (TPSA) is 47.5 Å². The third-order valence-corrected chi connectivity index (χ3v) is 3.75. The molecule has 5 heteroatoms. The van der Waals surface area contributed by atoms with Crippen molar-refractivity contribution in [2.75, 3.05) is 32.8 Å². The molecule has 2 aromatic rings. The monoisotopic (exact) mass is 299 g/mol. The average molecular weight is 299 g/mol. The van der Waals surface area contributed by atoms with E-state index in [1.165, 1.54) is 5.56 Å². The number of morpholine rings is 1. The summed E-state index contributed by atoms with van der Waals surface area (Å²) < 4.78 is 11.2. The molecule has 22 heavy (non-hydrogen) atoms. The number of hydrogen-bond acceptors (Lipinski definition) is 5. The van der Waals surface area contributed by atoms with E-state index < -0.39 is 0 Å². The molecule has 0 spiro atoms. The lowest BCUT2D eigenvalue weighted by Crippen LogP contribution is -2.36. The maximum atomic E-state index is 5.84. The highest BCUT2D eigenvalue weighted by Gasteiger charge is 2.10. The van der Waals surface area contributed by atoms with Crippen LogP contribution in [0.4, 0.5) is 0 Å². The summed E-state index contributed by atoms with van der Waals surface area (Å²) in [5.74, 6) is 1.40. The minimum atomic E-state index is 0.531. The zero-order valence-electron chi connectivity index (χ0n) is 12.6. The lowest BCUT2D eigenvalue weighted by molar-refractivity contribution is 0.0374. The molecule has 0 atom stereocenters. The molecule has 0 N–H and O–H groups in total. The molecule has 0 bridgehead atoms. The van der Waals surface area contributed by atoms with Gasteiger partial charge in [0.2, 0.25) is 5.88 Å². The van der Waals surface area contributed by atoms with Crippen LogP contribution in [-0.4, -0.2) is 47.7 Å². The summed E-state index contributed by atoms with van der Waals surface area (Å²) in [4.78, 5) is 10.6. The predicted molar refractivity (Wildman–Crippen MR) is 84.1 cm³/mol. The Labute approximate surface area is 130 Å². The molecule has 1 aromatic carbocycles. The van der Waals surface area contributed by atoms with Crippen molar-refractivity contribution in [2.45, 2.75) is 12.8 Å². The molecule has 1 aliphatic rings. The smallest absolute Gasteiger partial charge is 0.237 e. The van der Waals surface area contributed by atoms with Gasteiger partial charge in [0.15, 0.2) is 0 Å². The highest BCUT2D eigenvalue weighted by atomic mass is 16.5. The number of nitrogens with zero attached hydrogens (tertiary/aromatic N) is 3. The van der Waals surface area contributed by atoms with Crippen LogP contribution in [0.1, 0.15) is 12.0 Å². The molecular weight excluding hydrogens is 278 g/mol. The van der Waals surface area contributed by atoms with Crippen LogP contribution in [0.3, 0.4) is 0 Å². The standard InChI is InChI=1S/C17H21N3O2/c1-2-6-16(22-17-14-18-7-8-19-17)15(4-1)5-3-9-20-10-12-21-13-11-20/h1-2,4,6-8,14H,3,5,9-13H2. The van der Waals surface area contributed by atoms with E-state index in [1.54, 1.807) is 18.6 Å². The largest absolute Gasteiger partial charge is 0.437 e. The lowest BCUT2D eigenvalue weighted by atomic mass is 10.1. The van der Waals surface area contributed by atoms with E-state index in [0.29, 0.717) is 5.88 Å². The van der Waals surface area contributed by atoms with Gasteiger partial charge in [0.1, 0.15) is 5.75 Å². The van der Waals surface area contributed by atoms with Crippen molar-refractivity contribution in [3.05, 3.63) is 48.4 Å². The number of para-hydroxylation sites is 1. The van der Waals surface area contributed by atoms with Gasteiger partial charge in [-0.3, -0.25) is 9.88 Å². The van der Waals surface area contributed by atoms with Crippen LogP contribution in [0.15, 0.2) is 42.9 Å². The number of aromatic nitrogens is 2. The summed E-state index contributed by atoms with van der Waals surface area (Å²) >= 11 is 0. The maximum absolute atomic E-state index is 5.84. The molecule has 1 saturated heterocycles. The van der Waals surface area contributed by atoms with Crippen LogP contribution in [0, 0.1) is 0 Å². The summed E-state index contributed by atoms with van der Waals surface area (Å²) in [7, 11) is 0. The van der Waals surface area contributed by atoms with Crippen molar-refractivity contribution < 1.29 is 9.47 Å². The molecule has 1 aromatic heterocycles. The Kier molecular flexibility index (Phi) is 5.34. The Balaban J connectivity index is 1.56. The fraction of sp³-hybridized carbons (Fsp3) is 0.412. The Morgan fingerprint density at radius 2 is 2.00 bits per heavy atom. The van der Waals surface area contributed by atoms with Gasteiger partial charge in [-0.25, -0.2) is 4.98 Å². The van der Waals surface area contributed by atoms with E-state index in [1.807, 2.05) is 18.2 Å². The molecule has 5 nitrogen and oxygen atoms in total. The lowest BCUT2D eigenvalue weighted by Gasteiger charge is -2.26. The van der Waals surface area contributed by atoms with E-state index in [0.717, 1.165) is 51.4 Å². The first kappa shape index (κ1) is 14.9. The number of hydrogen-bond donors (Lipinski definition) is 0. The molecule has 0 aliphatic carbocycles. The van der Waals surface area contributed by atoms with Crippen molar-refractivity contribution in [1.29, 1.82) is 0 Å². The minimum Gasteiger partial charge on any atom is -0.437 e. The van der Waals surface area contributed by atoms with Gasteiger partial charge in [0.25, 0.3) is 0 Å². The van der Waals surface area contributed by atoms with Crippen molar-refractivity contribution >= 4 is 0 Å². The van der Waals surface area contributed by atoms with E-state index in [9.17, 15) is 0 Å². The highest BCUT2D eigenvalue weighted by Crippen LogP contribution is 2.24. The molecule has 0 saturated carbocycles. The van der Waals surface area contributed by atoms with E-state index >= 15 is 0 Å². The zero-order chi connectivity index (χ0) is 15.0.